The van der Waals surface area contributed by atoms with Gasteiger partial charge in [-0.25, -0.2) is 0 Å². The number of aliphatic hydroxyl groups is 1. The van der Waals surface area contributed by atoms with Crippen LogP contribution < -0.4 is 5.73 Å². The first-order valence-electron chi connectivity index (χ1n) is 0.716. The third-order valence-corrected chi connectivity index (χ3v) is 0. The Hall–Kier alpha value is 0.313. The molecule has 4 heteroatoms. The molecule has 0 heterocycles. The van der Waals surface area contributed by atoms with Crippen molar-refractivity contribution >= 4 is 17.4 Å². The molecule has 0 saturated heterocycles. The fourth-order valence-corrected chi connectivity index (χ4v) is 0. The first-order valence-corrected chi connectivity index (χ1v) is 1.12. The van der Waals surface area contributed by atoms with Gasteiger partial charge in [0, 0.05) is 19.5 Å². The van der Waals surface area contributed by atoms with Crippen molar-refractivity contribution in [3.8, 4) is 0 Å². The van der Waals surface area contributed by atoms with Crippen LogP contribution in [-0.4, -0.2) is 10.3 Å². The van der Waals surface area contributed by atoms with Crippen LogP contribution in [0, 0.1) is 0 Å². The predicted molar refractivity (Wildman–Crippen MR) is 19.4 cm³/mol. The normalized spacial score (nSPS) is 4.80. The van der Waals surface area contributed by atoms with Crippen molar-refractivity contribution in [3.05, 3.63) is 0 Å². The summed E-state index contributed by atoms with van der Waals surface area (Å²) in [6, 6.07) is 0. The maximum atomic E-state index is 7.56. The first kappa shape index (κ1) is 9.00. The van der Waals surface area contributed by atoms with E-state index < -0.39 is 5.17 Å². The molecule has 5 heavy (non-hydrogen) atoms. The monoisotopic (exact) mass is 179 g/mol. The molecule has 0 aliphatic rings. The van der Waals surface area contributed by atoms with Gasteiger partial charge in [-0.2, -0.15) is 0 Å². The standard InChI is InChI=1S/CH3NOS.Ru/c2-1(3)4;/h(H3,2,3,4);. The van der Waals surface area contributed by atoms with E-state index in [2.05, 4.69) is 18.0 Å². The average Bonchev–Trinajstić information content (AvgIpc) is 0.811. The van der Waals surface area contributed by atoms with E-state index >= 15 is 0 Å². The molecule has 0 spiro atoms. The topological polar surface area (TPSA) is 46.2 Å². The second-order valence-corrected chi connectivity index (χ2v) is 0.757. The number of nitrogens with two attached hydrogens (primary N) is 1. The van der Waals surface area contributed by atoms with E-state index in [-0.39, 0.29) is 19.5 Å². The molecule has 0 aromatic rings. The number of rotatable bonds is 0. The molecule has 0 aromatic heterocycles. The third kappa shape index (κ3) is 235. The summed E-state index contributed by atoms with van der Waals surface area (Å²) in [5, 5.41) is 7.06. The molecule has 0 amide bonds. The van der Waals surface area contributed by atoms with Crippen LogP contribution in [0.25, 0.3) is 0 Å². The van der Waals surface area contributed by atoms with Gasteiger partial charge < -0.3 is 10.8 Å². The molecular formula is CH3NORuS. The van der Waals surface area contributed by atoms with E-state index in [1.165, 1.54) is 0 Å². The fourth-order valence-electron chi connectivity index (χ4n) is 0. The van der Waals surface area contributed by atoms with Crippen LogP contribution in [0.3, 0.4) is 0 Å². The van der Waals surface area contributed by atoms with Crippen LogP contribution in [0.4, 0.5) is 0 Å². The van der Waals surface area contributed by atoms with E-state index in [1.807, 2.05) is 0 Å². The van der Waals surface area contributed by atoms with E-state index in [0.717, 1.165) is 0 Å². The molecule has 0 unspecified atom stereocenters. The number of thiocarbonyl (C=S) groups is 1. The molecular weight excluding hydrogens is 175 g/mol. The van der Waals surface area contributed by atoms with Gasteiger partial charge in [0.25, 0.3) is 5.17 Å². The molecule has 0 aromatic carbocycles. The second-order valence-electron chi connectivity index (χ2n) is 0.338. The van der Waals surface area contributed by atoms with Gasteiger partial charge in [-0.15, -0.1) is 0 Å². The molecule has 32 valence electrons. The zero-order valence-electron chi connectivity index (χ0n) is 2.29. The van der Waals surface area contributed by atoms with Crippen molar-refractivity contribution < 1.29 is 24.6 Å². The Labute approximate surface area is 48.1 Å². The summed E-state index contributed by atoms with van der Waals surface area (Å²) in [5.41, 5.74) is 4.40. The predicted octanol–water partition coefficient (Wildman–Crippen LogP) is -0.214. The largest absolute Gasteiger partial charge is 0.487 e. The maximum Gasteiger partial charge on any atom is 0.251 e. The van der Waals surface area contributed by atoms with Crippen LogP contribution in [0.15, 0.2) is 0 Å². The molecule has 0 aliphatic heterocycles. The van der Waals surface area contributed by atoms with Crippen LogP contribution in [0.1, 0.15) is 0 Å². The summed E-state index contributed by atoms with van der Waals surface area (Å²) in [6.07, 6.45) is 0. The van der Waals surface area contributed by atoms with Crippen molar-refractivity contribution in [2.45, 2.75) is 0 Å². The molecule has 0 rings (SSSR count). The van der Waals surface area contributed by atoms with Gasteiger partial charge in [0.05, 0.1) is 0 Å². The Balaban J connectivity index is 0. The van der Waals surface area contributed by atoms with Crippen molar-refractivity contribution in [2.75, 3.05) is 0 Å². The first-order chi connectivity index (χ1) is 1.73. The van der Waals surface area contributed by atoms with Gasteiger partial charge in [0.1, 0.15) is 0 Å². The maximum absolute atomic E-state index is 7.56. The zero-order valence-corrected chi connectivity index (χ0v) is 4.84. The Morgan fingerprint density at radius 1 is 1.80 bits per heavy atom. The molecule has 0 radical (unpaired) electrons. The summed E-state index contributed by atoms with van der Waals surface area (Å²) in [5.74, 6) is 0. The van der Waals surface area contributed by atoms with E-state index in [4.69, 9.17) is 5.11 Å². The van der Waals surface area contributed by atoms with Gasteiger partial charge in [0.15, 0.2) is 0 Å². The van der Waals surface area contributed by atoms with E-state index in [0.29, 0.717) is 0 Å². The van der Waals surface area contributed by atoms with Gasteiger partial charge in [-0.05, 0) is 12.2 Å². The Kier molecular flexibility index (Phi) is 7.77. The van der Waals surface area contributed by atoms with Gasteiger partial charge in [0.2, 0.25) is 0 Å². The Morgan fingerprint density at radius 2 is 1.80 bits per heavy atom. The second kappa shape index (κ2) is 4.31. The molecule has 3 N–H and O–H groups in total. The molecule has 0 atom stereocenters. The molecule has 0 saturated carbocycles. The SMILES string of the molecule is NC(O)=S.[Ru]. The Bertz CT molecular complexity index is 34.6. The molecule has 0 fully saturated rings. The van der Waals surface area contributed by atoms with Crippen molar-refractivity contribution in [3.63, 3.8) is 0 Å². The summed E-state index contributed by atoms with van der Waals surface area (Å²) < 4.78 is 0. The summed E-state index contributed by atoms with van der Waals surface area (Å²) in [7, 11) is 0. The van der Waals surface area contributed by atoms with Crippen LogP contribution in [0.5, 0.6) is 0 Å². The zero-order chi connectivity index (χ0) is 3.58. The molecule has 0 bridgehead atoms. The van der Waals surface area contributed by atoms with Crippen molar-refractivity contribution in [2.24, 2.45) is 5.73 Å². The fraction of sp³-hybridized carbons (Fsp3) is 0. The number of hydrogen-bond donors (Lipinski definition) is 2. The van der Waals surface area contributed by atoms with Gasteiger partial charge >= 0.3 is 0 Å². The summed E-state index contributed by atoms with van der Waals surface area (Å²) in [6.45, 7) is 0. The summed E-state index contributed by atoms with van der Waals surface area (Å²) in [4.78, 5) is 0. The van der Waals surface area contributed by atoms with Gasteiger partial charge in [-0.1, -0.05) is 0 Å². The molecule has 0 aliphatic carbocycles. The summed E-state index contributed by atoms with van der Waals surface area (Å²) >= 11 is 3.87. The van der Waals surface area contributed by atoms with Crippen LogP contribution in [0.2, 0.25) is 0 Å². The van der Waals surface area contributed by atoms with Crippen LogP contribution >= 0.6 is 12.2 Å². The molecule has 2 nitrogen and oxygen atoms in total. The quantitative estimate of drug-likeness (QED) is 0.398. The number of hydrogen-bond acceptors (Lipinski definition) is 1. The van der Waals surface area contributed by atoms with Crippen molar-refractivity contribution in [1.82, 2.24) is 0 Å². The van der Waals surface area contributed by atoms with E-state index in [1.54, 1.807) is 0 Å². The van der Waals surface area contributed by atoms with Crippen LogP contribution in [-0.2, 0) is 19.5 Å². The Morgan fingerprint density at radius 3 is 1.80 bits per heavy atom. The van der Waals surface area contributed by atoms with Crippen molar-refractivity contribution in [1.29, 1.82) is 0 Å². The minimum Gasteiger partial charge on any atom is -0.487 e. The minimum absolute atomic E-state index is 0. The smallest absolute Gasteiger partial charge is 0.251 e. The van der Waals surface area contributed by atoms with Gasteiger partial charge in [-0.3, -0.25) is 0 Å². The average molecular weight is 178 g/mol. The number of aliphatic hydroxyl groups excluding tert-OH is 1. The third-order valence-electron chi connectivity index (χ3n) is 0. The van der Waals surface area contributed by atoms with E-state index in [9.17, 15) is 0 Å². The minimum atomic E-state index is -0.500.